The molecule has 1 aromatic rings. The summed E-state index contributed by atoms with van der Waals surface area (Å²) in [5.74, 6) is -0.578. The van der Waals surface area contributed by atoms with E-state index in [2.05, 4.69) is 10.1 Å². The van der Waals surface area contributed by atoms with Crippen molar-refractivity contribution in [2.24, 2.45) is 0 Å². The lowest BCUT2D eigenvalue weighted by atomic mass is 10.2. The van der Waals surface area contributed by atoms with E-state index >= 15 is 0 Å². The molecule has 1 amide bonds. The van der Waals surface area contributed by atoms with E-state index in [1.54, 1.807) is 19.1 Å². The maximum Gasteiger partial charge on any atom is 0.307 e. The Morgan fingerprint density at radius 3 is 2.75 bits per heavy atom. The summed E-state index contributed by atoms with van der Waals surface area (Å²) in [5, 5.41) is 2.69. The van der Waals surface area contributed by atoms with Crippen LogP contribution in [0.1, 0.15) is 23.0 Å². The number of ether oxygens (including phenoxy) is 1. The van der Waals surface area contributed by atoms with E-state index < -0.39 is 0 Å². The molecule has 0 aliphatic rings. The number of carbonyl (C=O) groups is 2. The van der Waals surface area contributed by atoms with Crippen molar-refractivity contribution in [3.63, 3.8) is 0 Å². The highest BCUT2D eigenvalue weighted by atomic mass is 35.5. The summed E-state index contributed by atoms with van der Waals surface area (Å²) in [7, 11) is 1.32. The van der Waals surface area contributed by atoms with Crippen molar-refractivity contribution in [2.75, 3.05) is 7.11 Å². The highest BCUT2D eigenvalue weighted by molar-refractivity contribution is 7.17. The smallest absolute Gasteiger partial charge is 0.307 e. The van der Waals surface area contributed by atoms with Gasteiger partial charge in [-0.05, 0) is 19.1 Å². The second-order valence-electron chi connectivity index (χ2n) is 3.26. The van der Waals surface area contributed by atoms with Crippen molar-refractivity contribution in [1.82, 2.24) is 5.32 Å². The first-order valence-electron chi connectivity index (χ1n) is 4.66. The highest BCUT2D eigenvalue weighted by Gasteiger charge is 2.14. The van der Waals surface area contributed by atoms with Gasteiger partial charge >= 0.3 is 5.97 Å². The Morgan fingerprint density at radius 1 is 1.56 bits per heavy atom. The molecule has 1 atom stereocenters. The molecule has 0 aromatic carbocycles. The van der Waals surface area contributed by atoms with Crippen LogP contribution in [0.2, 0.25) is 4.34 Å². The van der Waals surface area contributed by atoms with Crippen molar-refractivity contribution in [2.45, 2.75) is 19.4 Å². The number of esters is 1. The minimum atomic E-state index is -0.350. The number of nitrogens with one attached hydrogen (secondary N) is 1. The van der Waals surface area contributed by atoms with Gasteiger partial charge in [0.05, 0.1) is 22.7 Å². The number of carbonyl (C=O) groups excluding carboxylic acids is 2. The van der Waals surface area contributed by atoms with E-state index in [9.17, 15) is 9.59 Å². The molecule has 88 valence electrons. The van der Waals surface area contributed by atoms with Crippen LogP contribution < -0.4 is 5.32 Å². The van der Waals surface area contributed by atoms with Crippen LogP contribution in [-0.4, -0.2) is 25.0 Å². The van der Waals surface area contributed by atoms with Crippen molar-refractivity contribution < 1.29 is 14.3 Å². The number of methoxy groups -OCH3 is 1. The first-order valence-corrected chi connectivity index (χ1v) is 5.85. The molecule has 1 N–H and O–H groups in total. The van der Waals surface area contributed by atoms with Gasteiger partial charge in [-0.1, -0.05) is 11.6 Å². The van der Waals surface area contributed by atoms with Gasteiger partial charge in [0.15, 0.2) is 0 Å². The Balaban J connectivity index is 2.48. The number of halogens is 1. The van der Waals surface area contributed by atoms with Crippen LogP contribution >= 0.6 is 22.9 Å². The van der Waals surface area contributed by atoms with Gasteiger partial charge in [0, 0.05) is 6.04 Å². The first-order chi connectivity index (χ1) is 7.52. The molecule has 0 aliphatic carbocycles. The molecule has 0 saturated carbocycles. The SMILES string of the molecule is COC(=O)CC(C)NC(=O)c1ccc(Cl)s1. The first kappa shape index (κ1) is 13.0. The monoisotopic (exact) mass is 261 g/mol. The number of hydrogen-bond acceptors (Lipinski definition) is 4. The largest absolute Gasteiger partial charge is 0.469 e. The summed E-state index contributed by atoms with van der Waals surface area (Å²) >= 11 is 6.91. The average Bonchev–Trinajstić information content (AvgIpc) is 2.64. The third-order valence-electron chi connectivity index (χ3n) is 1.88. The Bertz CT molecular complexity index is 391. The van der Waals surface area contributed by atoms with Crippen molar-refractivity contribution in [3.05, 3.63) is 21.3 Å². The molecule has 0 saturated heterocycles. The van der Waals surface area contributed by atoms with Crippen LogP contribution in [0.5, 0.6) is 0 Å². The van der Waals surface area contributed by atoms with E-state index in [1.807, 2.05) is 0 Å². The number of thiophene rings is 1. The molecule has 0 radical (unpaired) electrons. The lowest BCUT2D eigenvalue weighted by Crippen LogP contribution is -2.33. The number of amides is 1. The molecular formula is C10H12ClNO3S. The van der Waals surface area contributed by atoms with E-state index in [0.29, 0.717) is 9.21 Å². The Morgan fingerprint density at radius 2 is 2.25 bits per heavy atom. The lowest BCUT2D eigenvalue weighted by molar-refractivity contribution is -0.141. The molecule has 1 rings (SSSR count). The van der Waals surface area contributed by atoms with E-state index in [1.165, 1.54) is 18.4 Å². The second-order valence-corrected chi connectivity index (χ2v) is 4.97. The fourth-order valence-electron chi connectivity index (χ4n) is 1.12. The zero-order valence-corrected chi connectivity index (χ0v) is 10.5. The van der Waals surface area contributed by atoms with Crippen LogP contribution in [0.4, 0.5) is 0 Å². The van der Waals surface area contributed by atoms with Crippen LogP contribution in [0.25, 0.3) is 0 Å². The van der Waals surface area contributed by atoms with E-state index in [4.69, 9.17) is 11.6 Å². The van der Waals surface area contributed by atoms with Crippen molar-refractivity contribution >= 4 is 34.8 Å². The Hall–Kier alpha value is -1.07. The predicted molar refractivity (Wildman–Crippen MR) is 62.9 cm³/mol. The van der Waals surface area contributed by atoms with Crippen LogP contribution in [0, 0.1) is 0 Å². The van der Waals surface area contributed by atoms with Crippen molar-refractivity contribution in [1.29, 1.82) is 0 Å². The van der Waals surface area contributed by atoms with Crippen LogP contribution in [0.3, 0.4) is 0 Å². The second kappa shape index (κ2) is 5.86. The third kappa shape index (κ3) is 3.83. The van der Waals surface area contributed by atoms with Gasteiger partial charge < -0.3 is 10.1 Å². The van der Waals surface area contributed by atoms with Gasteiger partial charge in [-0.3, -0.25) is 9.59 Å². The molecular weight excluding hydrogens is 250 g/mol. The fraction of sp³-hybridized carbons (Fsp3) is 0.400. The standard InChI is InChI=1S/C10H12ClNO3S/c1-6(5-9(13)15-2)12-10(14)7-3-4-8(11)16-7/h3-4,6H,5H2,1-2H3,(H,12,14). The molecule has 1 aromatic heterocycles. The number of rotatable bonds is 4. The zero-order chi connectivity index (χ0) is 12.1. The van der Waals surface area contributed by atoms with Gasteiger partial charge in [0.1, 0.15) is 0 Å². The molecule has 0 spiro atoms. The summed E-state index contributed by atoms with van der Waals surface area (Å²) < 4.78 is 5.06. The summed E-state index contributed by atoms with van der Waals surface area (Å²) in [5.41, 5.74) is 0. The van der Waals surface area contributed by atoms with Gasteiger partial charge in [0.2, 0.25) is 0 Å². The number of hydrogen-bond donors (Lipinski definition) is 1. The third-order valence-corrected chi connectivity index (χ3v) is 3.10. The predicted octanol–water partition coefficient (Wildman–Crippen LogP) is 2.08. The van der Waals surface area contributed by atoms with E-state index in [-0.39, 0.29) is 24.3 Å². The Labute approximate surface area is 103 Å². The molecule has 4 nitrogen and oxygen atoms in total. The van der Waals surface area contributed by atoms with Gasteiger partial charge in [-0.15, -0.1) is 11.3 Å². The Kier molecular flexibility index (Phi) is 4.76. The van der Waals surface area contributed by atoms with Crippen LogP contribution in [0.15, 0.2) is 12.1 Å². The minimum Gasteiger partial charge on any atom is -0.469 e. The molecule has 6 heteroatoms. The summed E-state index contributed by atoms with van der Waals surface area (Å²) in [4.78, 5) is 23.1. The maximum absolute atomic E-state index is 11.6. The van der Waals surface area contributed by atoms with Gasteiger partial charge in [-0.2, -0.15) is 0 Å². The molecule has 0 bridgehead atoms. The molecule has 16 heavy (non-hydrogen) atoms. The topological polar surface area (TPSA) is 55.4 Å². The minimum absolute atomic E-state index is 0.154. The normalized spacial score (nSPS) is 11.9. The molecule has 0 fully saturated rings. The maximum atomic E-state index is 11.6. The lowest BCUT2D eigenvalue weighted by Gasteiger charge is -2.11. The highest BCUT2D eigenvalue weighted by Crippen LogP contribution is 2.21. The molecule has 0 aliphatic heterocycles. The quantitative estimate of drug-likeness (QED) is 0.845. The van der Waals surface area contributed by atoms with Crippen LogP contribution in [-0.2, 0) is 9.53 Å². The fourth-order valence-corrected chi connectivity index (χ4v) is 2.06. The van der Waals surface area contributed by atoms with Crippen molar-refractivity contribution in [3.8, 4) is 0 Å². The zero-order valence-electron chi connectivity index (χ0n) is 8.95. The summed E-state index contributed by atoms with van der Waals surface area (Å²) in [6, 6.07) is 3.04. The van der Waals surface area contributed by atoms with Gasteiger partial charge in [-0.25, -0.2) is 0 Å². The van der Waals surface area contributed by atoms with E-state index in [0.717, 1.165) is 0 Å². The summed E-state index contributed by atoms with van der Waals surface area (Å²) in [6.45, 7) is 1.74. The average molecular weight is 262 g/mol. The molecule has 1 heterocycles. The molecule has 1 unspecified atom stereocenters. The summed E-state index contributed by atoms with van der Waals surface area (Å²) in [6.07, 6.45) is 0.154. The van der Waals surface area contributed by atoms with Gasteiger partial charge in [0.25, 0.3) is 5.91 Å².